The molecule has 2 heterocycles. The summed E-state index contributed by atoms with van der Waals surface area (Å²) in [5.41, 5.74) is 1.06. The lowest BCUT2D eigenvalue weighted by atomic mass is 10.1. The van der Waals surface area contributed by atoms with E-state index in [0.717, 1.165) is 46.9 Å². The molecule has 0 aliphatic carbocycles. The summed E-state index contributed by atoms with van der Waals surface area (Å²) in [7, 11) is 1.80. The van der Waals surface area contributed by atoms with Gasteiger partial charge in [0.05, 0.1) is 5.00 Å². The Hall–Kier alpha value is -1.24. The van der Waals surface area contributed by atoms with Crippen molar-refractivity contribution in [2.24, 2.45) is 4.99 Å². The minimum absolute atomic E-state index is 0.447. The summed E-state index contributed by atoms with van der Waals surface area (Å²) < 4.78 is 0.987. The summed E-state index contributed by atoms with van der Waals surface area (Å²) in [4.78, 5) is 6.80. The van der Waals surface area contributed by atoms with Gasteiger partial charge in [0.2, 0.25) is 0 Å². The summed E-state index contributed by atoms with van der Waals surface area (Å²) in [6.45, 7) is 2.81. The Balaban J connectivity index is 1.48. The van der Waals surface area contributed by atoms with Crippen LogP contribution in [0.25, 0.3) is 0 Å². The van der Waals surface area contributed by atoms with Crippen molar-refractivity contribution in [2.45, 2.75) is 25.4 Å². The number of hydrogen-bond donors (Lipinski definition) is 2. The van der Waals surface area contributed by atoms with E-state index in [0.29, 0.717) is 12.6 Å². The van der Waals surface area contributed by atoms with Crippen LogP contribution in [0.15, 0.2) is 45.2 Å². The topological polar surface area (TPSA) is 39.7 Å². The van der Waals surface area contributed by atoms with E-state index in [4.69, 9.17) is 11.6 Å². The third-order valence-electron chi connectivity index (χ3n) is 4.34. The lowest BCUT2D eigenvalue weighted by Gasteiger charge is -2.33. The van der Waals surface area contributed by atoms with Gasteiger partial charge in [0.25, 0.3) is 0 Å². The predicted octanol–water partition coefficient (Wildman–Crippen LogP) is 4.50. The SMILES string of the molecule is CN=C(NCc1ccc(Br)cc1Cl)NC1CCN(c2cccs2)CC1. The number of anilines is 1. The van der Waals surface area contributed by atoms with Crippen LogP contribution in [0, 0.1) is 0 Å². The van der Waals surface area contributed by atoms with E-state index < -0.39 is 0 Å². The van der Waals surface area contributed by atoms with E-state index >= 15 is 0 Å². The van der Waals surface area contributed by atoms with Crippen molar-refractivity contribution in [3.05, 3.63) is 50.8 Å². The van der Waals surface area contributed by atoms with E-state index in [2.05, 4.69) is 54.0 Å². The molecule has 7 heteroatoms. The van der Waals surface area contributed by atoms with Gasteiger partial charge in [-0.05, 0) is 48.1 Å². The first-order valence-corrected chi connectivity index (χ1v) is 10.4. The molecule has 0 atom stereocenters. The smallest absolute Gasteiger partial charge is 0.191 e. The van der Waals surface area contributed by atoms with Gasteiger partial charge in [0.15, 0.2) is 5.96 Å². The summed E-state index contributed by atoms with van der Waals surface area (Å²) >= 11 is 11.5. The van der Waals surface area contributed by atoms with Crippen LogP contribution in [-0.4, -0.2) is 32.1 Å². The van der Waals surface area contributed by atoms with Crippen molar-refractivity contribution in [1.29, 1.82) is 0 Å². The monoisotopic (exact) mass is 440 g/mol. The van der Waals surface area contributed by atoms with Crippen LogP contribution in [0.4, 0.5) is 5.00 Å². The highest BCUT2D eigenvalue weighted by Gasteiger charge is 2.20. The number of thiophene rings is 1. The number of halogens is 2. The van der Waals surface area contributed by atoms with Crippen molar-refractivity contribution < 1.29 is 0 Å². The molecule has 25 heavy (non-hydrogen) atoms. The van der Waals surface area contributed by atoms with Gasteiger partial charge >= 0.3 is 0 Å². The van der Waals surface area contributed by atoms with Gasteiger partial charge in [-0.25, -0.2) is 0 Å². The summed E-state index contributed by atoms with van der Waals surface area (Å²) in [5, 5.41) is 11.2. The Bertz CT molecular complexity index is 712. The first-order valence-electron chi connectivity index (χ1n) is 8.35. The van der Waals surface area contributed by atoms with Crippen LogP contribution in [0.2, 0.25) is 5.02 Å². The Labute approximate surface area is 166 Å². The van der Waals surface area contributed by atoms with Crippen LogP contribution >= 0.6 is 38.9 Å². The second kappa shape index (κ2) is 8.92. The number of rotatable bonds is 4. The number of piperidine rings is 1. The molecule has 1 aliphatic rings. The maximum Gasteiger partial charge on any atom is 0.191 e. The zero-order chi connectivity index (χ0) is 17.6. The van der Waals surface area contributed by atoms with Crippen LogP contribution in [0.3, 0.4) is 0 Å². The van der Waals surface area contributed by atoms with Crippen LogP contribution in [0.5, 0.6) is 0 Å². The normalized spacial score (nSPS) is 16.1. The molecular formula is C18H22BrClN4S. The van der Waals surface area contributed by atoms with Crippen molar-refractivity contribution in [3.8, 4) is 0 Å². The fourth-order valence-electron chi connectivity index (χ4n) is 2.93. The molecular weight excluding hydrogens is 420 g/mol. The molecule has 1 saturated heterocycles. The highest BCUT2D eigenvalue weighted by atomic mass is 79.9. The lowest BCUT2D eigenvalue weighted by molar-refractivity contribution is 0.463. The maximum absolute atomic E-state index is 6.28. The van der Waals surface area contributed by atoms with Gasteiger partial charge < -0.3 is 15.5 Å². The summed E-state index contributed by atoms with van der Waals surface area (Å²) in [5.74, 6) is 0.827. The molecule has 0 bridgehead atoms. The number of nitrogens with one attached hydrogen (secondary N) is 2. The average molecular weight is 442 g/mol. The van der Waals surface area contributed by atoms with Crippen molar-refractivity contribution in [3.63, 3.8) is 0 Å². The molecule has 1 aromatic carbocycles. The van der Waals surface area contributed by atoms with Gasteiger partial charge in [-0.3, -0.25) is 4.99 Å². The number of aliphatic imine (C=N–C) groups is 1. The molecule has 2 N–H and O–H groups in total. The molecule has 2 aromatic rings. The molecule has 0 saturated carbocycles. The molecule has 4 nitrogen and oxygen atoms in total. The van der Waals surface area contributed by atoms with Crippen LogP contribution in [-0.2, 0) is 6.54 Å². The molecule has 3 rings (SSSR count). The number of benzene rings is 1. The van der Waals surface area contributed by atoms with Crippen molar-refractivity contribution >= 4 is 49.8 Å². The summed E-state index contributed by atoms with van der Waals surface area (Å²) in [6, 6.07) is 10.7. The third kappa shape index (κ3) is 5.12. The first-order chi connectivity index (χ1) is 12.2. The number of hydrogen-bond acceptors (Lipinski definition) is 3. The molecule has 1 aromatic heterocycles. The molecule has 1 fully saturated rings. The van der Waals surface area contributed by atoms with E-state index in [1.54, 1.807) is 7.05 Å². The second-order valence-corrected chi connectivity index (χ2v) is 8.27. The fourth-order valence-corrected chi connectivity index (χ4v) is 4.45. The van der Waals surface area contributed by atoms with Gasteiger partial charge in [-0.1, -0.05) is 33.6 Å². The van der Waals surface area contributed by atoms with Gasteiger partial charge in [-0.2, -0.15) is 0 Å². The zero-order valence-electron chi connectivity index (χ0n) is 14.1. The minimum Gasteiger partial charge on any atom is -0.363 e. The van der Waals surface area contributed by atoms with Gasteiger partial charge in [0, 0.05) is 42.2 Å². The highest BCUT2D eigenvalue weighted by molar-refractivity contribution is 9.10. The van der Waals surface area contributed by atoms with Crippen molar-refractivity contribution in [2.75, 3.05) is 25.0 Å². The Morgan fingerprint density at radius 2 is 2.16 bits per heavy atom. The molecule has 1 aliphatic heterocycles. The Kier molecular flexibility index (Phi) is 6.62. The lowest BCUT2D eigenvalue weighted by Crippen LogP contribution is -2.48. The van der Waals surface area contributed by atoms with Crippen molar-refractivity contribution in [1.82, 2.24) is 10.6 Å². The van der Waals surface area contributed by atoms with E-state index in [-0.39, 0.29) is 0 Å². The van der Waals surface area contributed by atoms with E-state index in [9.17, 15) is 0 Å². The minimum atomic E-state index is 0.447. The van der Waals surface area contributed by atoms with E-state index in [1.165, 1.54) is 5.00 Å². The number of nitrogens with zero attached hydrogens (tertiary/aromatic N) is 2. The standard InChI is InChI=1S/C18H22BrClN4S/c1-21-18(22-12-13-4-5-14(19)11-16(13)20)23-15-6-8-24(9-7-15)17-3-2-10-25-17/h2-5,10-11,15H,6-9,12H2,1H3,(H2,21,22,23). The van der Waals surface area contributed by atoms with Gasteiger partial charge in [0.1, 0.15) is 0 Å². The Morgan fingerprint density at radius 3 is 2.80 bits per heavy atom. The summed E-state index contributed by atoms with van der Waals surface area (Å²) in [6.07, 6.45) is 2.22. The van der Waals surface area contributed by atoms with Crippen LogP contribution < -0.4 is 15.5 Å². The maximum atomic E-state index is 6.28. The van der Waals surface area contributed by atoms with Crippen LogP contribution in [0.1, 0.15) is 18.4 Å². The fraction of sp³-hybridized carbons (Fsp3) is 0.389. The van der Waals surface area contributed by atoms with Gasteiger partial charge in [-0.15, -0.1) is 11.3 Å². The molecule has 0 radical (unpaired) electrons. The second-order valence-electron chi connectivity index (χ2n) is 6.02. The average Bonchev–Trinajstić information content (AvgIpc) is 3.15. The largest absolute Gasteiger partial charge is 0.363 e. The quantitative estimate of drug-likeness (QED) is 0.542. The predicted molar refractivity (Wildman–Crippen MR) is 112 cm³/mol. The molecule has 134 valence electrons. The first kappa shape index (κ1) is 18.5. The number of guanidine groups is 1. The molecule has 0 amide bonds. The Morgan fingerprint density at radius 1 is 1.36 bits per heavy atom. The zero-order valence-corrected chi connectivity index (χ0v) is 17.3. The third-order valence-corrected chi connectivity index (χ3v) is 6.11. The van der Waals surface area contributed by atoms with E-state index in [1.807, 2.05) is 29.5 Å². The molecule has 0 unspecified atom stereocenters. The molecule has 0 spiro atoms. The highest BCUT2D eigenvalue weighted by Crippen LogP contribution is 2.25.